The Bertz CT molecular complexity index is 877. The van der Waals surface area contributed by atoms with Crippen LogP contribution in [0.2, 0.25) is 0 Å². The zero-order valence-corrected chi connectivity index (χ0v) is 17.7. The third kappa shape index (κ3) is 6.73. The number of carbonyl (C=O) groups is 2. The minimum atomic E-state index is -0.985. The molecule has 1 aliphatic heterocycles. The quantitative estimate of drug-likeness (QED) is 0.550. The zero-order valence-electron chi connectivity index (χ0n) is 17.7. The number of nitrogens with two attached hydrogens (primary N) is 1. The Hall–Kier alpha value is -3.04. The van der Waals surface area contributed by atoms with Crippen LogP contribution in [-0.2, 0) is 37.0 Å². The van der Waals surface area contributed by atoms with Gasteiger partial charge in [0.15, 0.2) is 6.29 Å². The number of hydrogen-bond donors (Lipinski definition) is 2. The number of urea groups is 1. The van der Waals surface area contributed by atoms with Gasteiger partial charge >= 0.3 is 6.03 Å². The molecule has 0 radical (unpaired) electrons. The Balaban J connectivity index is 1.82. The molecule has 0 aliphatic carbocycles. The van der Waals surface area contributed by atoms with Crippen molar-refractivity contribution in [3.8, 4) is 0 Å². The number of carbonyl (C=O) groups excluding carboxylic acids is 2. The van der Waals surface area contributed by atoms with Gasteiger partial charge in [-0.25, -0.2) is 4.79 Å². The number of rotatable bonds is 10. The SMILES string of the molecule is C=CCO[C@@H]1OC[C@H](OCc2ccccc2)[C@H](OCc2ccccc2)[C@H]1C(=O)NC(N)=O. The molecule has 0 aromatic heterocycles. The maximum Gasteiger partial charge on any atom is 0.318 e. The molecule has 0 bridgehead atoms. The van der Waals surface area contributed by atoms with Crippen LogP contribution in [0.1, 0.15) is 11.1 Å². The summed E-state index contributed by atoms with van der Waals surface area (Å²) in [5, 5.41) is 2.12. The molecule has 8 nitrogen and oxygen atoms in total. The minimum absolute atomic E-state index is 0.147. The molecule has 0 saturated carbocycles. The lowest BCUT2D eigenvalue weighted by molar-refractivity contribution is -0.262. The molecule has 2 aromatic carbocycles. The van der Waals surface area contributed by atoms with Gasteiger partial charge in [-0.1, -0.05) is 66.7 Å². The number of amides is 3. The van der Waals surface area contributed by atoms with Crippen molar-refractivity contribution < 1.29 is 28.5 Å². The lowest BCUT2D eigenvalue weighted by atomic mass is 9.93. The first-order chi connectivity index (χ1) is 15.6. The van der Waals surface area contributed by atoms with Crippen molar-refractivity contribution in [2.75, 3.05) is 13.2 Å². The van der Waals surface area contributed by atoms with Crippen LogP contribution < -0.4 is 11.1 Å². The van der Waals surface area contributed by atoms with E-state index in [4.69, 9.17) is 24.7 Å². The lowest BCUT2D eigenvalue weighted by Gasteiger charge is -2.41. The number of primary amides is 1. The van der Waals surface area contributed by atoms with Crippen molar-refractivity contribution in [3.05, 3.63) is 84.4 Å². The van der Waals surface area contributed by atoms with Gasteiger partial charge in [0.2, 0.25) is 5.91 Å². The fourth-order valence-electron chi connectivity index (χ4n) is 3.46. The normalized spacial score (nSPS) is 22.8. The summed E-state index contributed by atoms with van der Waals surface area (Å²) < 4.78 is 23.7. The van der Waals surface area contributed by atoms with Crippen LogP contribution in [0, 0.1) is 5.92 Å². The van der Waals surface area contributed by atoms with E-state index >= 15 is 0 Å². The van der Waals surface area contributed by atoms with E-state index in [0.29, 0.717) is 6.61 Å². The Labute approximate surface area is 187 Å². The highest BCUT2D eigenvalue weighted by Gasteiger charge is 2.47. The molecule has 1 saturated heterocycles. The topological polar surface area (TPSA) is 109 Å². The average molecular weight is 440 g/mol. The van der Waals surface area contributed by atoms with Crippen LogP contribution in [0.3, 0.4) is 0 Å². The van der Waals surface area contributed by atoms with E-state index < -0.39 is 36.4 Å². The largest absolute Gasteiger partial charge is 0.370 e. The number of nitrogens with one attached hydrogen (secondary N) is 1. The Morgan fingerprint density at radius 2 is 1.59 bits per heavy atom. The van der Waals surface area contributed by atoms with Crippen LogP contribution in [-0.4, -0.2) is 43.7 Å². The first-order valence-corrected chi connectivity index (χ1v) is 10.3. The maximum atomic E-state index is 12.9. The molecule has 1 fully saturated rings. The fraction of sp³-hybridized carbons (Fsp3) is 0.333. The van der Waals surface area contributed by atoms with Gasteiger partial charge in [0.1, 0.15) is 18.1 Å². The summed E-state index contributed by atoms with van der Waals surface area (Å²) in [5.74, 6) is -1.64. The lowest BCUT2D eigenvalue weighted by Crippen LogP contribution is -2.58. The molecular weight excluding hydrogens is 412 g/mol. The van der Waals surface area contributed by atoms with Gasteiger partial charge in [-0.3, -0.25) is 10.1 Å². The Morgan fingerprint density at radius 1 is 1.00 bits per heavy atom. The summed E-state index contributed by atoms with van der Waals surface area (Å²) in [7, 11) is 0. The van der Waals surface area contributed by atoms with Crippen molar-refractivity contribution >= 4 is 11.9 Å². The molecule has 1 heterocycles. The van der Waals surface area contributed by atoms with E-state index in [1.165, 1.54) is 0 Å². The van der Waals surface area contributed by atoms with E-state index in [0.717, 1.165) is 11.1 Å². The van der Waals surface area contributed by atoms with Gasteiger partial charge < -0.3 is 24.7 Å². The first-order valence-electron chi connectivity index (χ1n) is 10.3. The summed E-state index contributed by atoms with van der Waals surface area (Å²) in [6.45, 7) is 4.48. The highest BCUT2D eigenvalue weighted by Crippen LogP contribution is 2.29. The maximum absolute atomic E-state index is 12.9. The van der Waals surface area contributed by atoms with Crippen LogP contribution in [0.15, 0.2) is 73.3 Å². The van der Waals surface area contributed by atoms with E-state index in [1.54, 1.807) is 6.08 Å². The van der Waals surface area contributed by atoms with Gasteiger partial charge in [-0.15, -0.1) is 6.58 Å². The summed E-state index contributed by atoms with van der Waals surface area (Å²) in [5.41, 5.74) is 7.08. The Kier molecular flexibility index (Phi) is 8.94. The first kappa shape index (κ1) is 23.6. The summed E-state index contributed by atoms with van der Waals surface area (Å²) in [6, 6.07) is 18.2. The molecule has 3 amide bonds. The predicted molar refractivity (Wildman–Crippen MR) is 117 cm³/mol. The second-order valence-corrected chi connectivity index (χ2v) is 7.30. The number of hydrogen-bond acceptors (Lipinski definition) is 6. The third-order valence-electron chi connectivity index (χ3n) is 4.96. The number of ether oxygens (including phenoxy) is 4. The van der Waals surface area contributed by atoms with Crippen LogP contribution in [0.4, 0.5) is 4.79 Å². The van der Waals surface area contributed by atoms with E-state index in [-0.39, 0.29) is 19.8 Å². The molecule has 8 heteroatoms. The second kappa shape index (κ2) is 12.1. The monoisotopic (exact) mass is 440 g/mol. The minimum Gasteiger partial charge on any atom is -0.370 e. The van der Waals surface area contributed by atoms with Crippen LogP contribution >= 0.6 is 0 Å². The van der Waals surface area contributed by atoms with Crippen molar-refractivity contribution in [2.45, 2.75) is 31.7 Å². The Morgan fingerprint density at radius 3 is 2.16 bits per heavy atom. The smallest absolute Gasteiger partial charge is 0.318 e. The zero-order chi connectivity index (χ0) is 22.8. The van der Waals surface area contributed by atoms with Gasteiger partial charge in [0.05, 0.1) is 26.4 Å². The van der Waals surface area contributed by atoms with Crippen molar-refractivity contribution in [1.82, 2.24) is 5.32 Å². The van der Waals surface area contributed by atoms with Gasteiger partial charge in [0.25, 0.3) is 0 Å². The van der Waals surface area contributed by atoms with Crippen molar-refractivity contribution in [1.29, 1.82) is 0 Å². The fourth-order valence-corrected chi connectivity index (χ4v) is 3.46. The molecular formula is C24H28N2O6. The highest BCUT2D eigenvalue weighted by molar-refractivity contribution is 5.95. The molecule has 32 heavy (non-hydrogen) atoms. The molecule has 3 N–H and O–H groups in total. The van der Waals surface area contributed by atoms with Gasteiger partial charge in [0, 0.05) is 0 Å². The van der Waals surface area contributed by atoms with E-state index in [1.807, 2.05) is 60.7 Å². The van der Waals surface area contributed by atoms with Gasteiger partial charge in [-0.2, -0.15) is 0 Å². The average Bonchev–Trinajstić information content (AvgIpc) is 2.81. The van der Waals surface area contributed by atoms with E-state index in [2.05, 4.69) is 11.9 Å². The molecule has 3 rings (SSSR count). The van der Waals surface area contributed by atoms with Gasteiger partial charge in [-0.05, 0) is 11.1 Å². The molecule has 4 atom stereocenters. The second-order valence-electron chi connectivity index (χ2n) is 7.30. The standard InChI is InChI=1S/C24H28N2O6/c1-2-13-29-23-20(22(27)26-24(25)28)21(31-15-18-11-7-4-8-12-18)19(16-32-23)30-14-17-9-5-3-6-10-17/h2-12,19-21,23H,1,13-16H2,(H3,25,26,27,28)/t19-,20-,21-,23+/m0/s1. The van der Waals surface area contributed by atoms with E-state index in [9.17, 15) is 9.59 Å². The molecule has 170 valence electrons. The third-order valence-corrected chi connectivity index (χ3v) is 4.96. The summed E-state index contributed by atoms with van der Waals surface area (Å²) >= 11 is 0. The number of imide groups is 1. The summed E-state index contributed by atoms with van der Waals surface area (Å²) in [6.07, 6.45) is -0.734. The molecule has 2 aromatic rings. The van der Waals surface area contributed by atoms with Crippen molar-refractivity contribution in [3.63, 3.8) is 0 Å². The predicted octanol–water partition coefficient (Wildman–Crippen LogP) is 2.53. The summed E-state index contributed by atoms with van der Waals surface area (Å²) in [4.78, 5) is 24.3. The number of benzene rings is 2. The van der Waals surface area contributed by atoms with Crippen molar-refractivity contribution in [2.24, 2.45) is 11.7 Å². The molecule has 1 aliphatic rings. The molecule has 0 spiro atoms. The van der Waals surface area contributed by atoms with Crippen LogP contribution in [0.5, 0.6) is 0 Å². The molecule has 0 unspecified atom stereocenters. The van der Waals surface area contributed by atoms with Crippen LogP contribution in [0.25, 0.3) is 0 Å². The highest BCUT2D eigenvalue weighted by atomic mass is 16.7.